The molecule has 0 fully saturated rings. The molecule has 0 saturated heterocycles. The van der Waals surface area contributed by atoms with Crippen LogP contribution in [0.4, 0.5) is 5.69 Å². The van der Waals surface area contributed by atoms with Gasteiger partial charge in [-0.2, -0.15) is 0 Å². The van der Waals surface area contributed by atoms with Crippen LogP contribution in [-0.4, -0.2) is 37.5 Å². The van der Waals surface area contributed by atoms with Crippen molar-refractivity contribution >= 4 is 17.5 Å². The Balaban J connectivity index is 1.96. The lowest BCUT2D eigenvalue weighted by Gasteiger charge is -2.21. The van der Waals surface area contributed by atoms with Gasteiger partial charge in [0.1, 0.15) is 0 Å². The number of hydrogen-bond acceptors (Lipinski definition) is 4. The first-order valence-corrected chi connectivity index (χ1v) is 8.34. The van der Waals surface area contributed by atoms with Crippen LogP contribution in [0.5, 0.6) is 11.5 Å². The maximum atomic E-state index is 12.1. The number of carbonyl (C=O) groups is 2. The molecule has 1 N–H and O–H groups in total. The predicted octanol–water partition coefficient (Wildman–Crippen LogP) is 3.08. The topological polar surface area (TPSA) is 67.9 Å². The average molecular weight is 356 g/mol. The number of benzene rings is 2. The zero-order valence-electron chi connectivity index (χ0n) is 15.3. The van der Waals surface area contributed by atoms with Crippen molar-refractivity contribution < 1.29 is 19.1 Å². The molecule has 0 atom stereocenters. The molecule has 6 heteroatoms. The number of hydrogen-bond donors (Lipinski definition) is 1. The molecule has 0 unspecified atom stereocenters. The van der Waals surface area contributed by atoms with Crippen LogP contribution in [0, 0.1) is 0 Å². The van der Waals surface area contributed by atoms with Gasteiger partial charge in [-0.3, -0.25) is 9.59 Å². The fraction of sp³-hybridized carbons (Fsp3) is 0.300. The van der Waals surface area contributed by atoms with Gasteiger partial charge < -0.3 is 19.7 Å². The van der Waals surface area contributed by atoms with Crippen LogP contribution in [0.2, 0.25) is 0 Å². The van der Waals surface area contributed by atoms with Crippen LogP contribution in [-0.2, 0) is 16.1 Å². The Bertz CT molecular complexity index is 747. The van der Waals surface area contributed by atoms with E-state index in [1.165, 1.54) is 6.92 Å². The number of anilines is 1. The normalized spacial score (nSPS) is 10.1. The highest BCUT2D eigenvalue weighted by atomic mass is 16.5. The first-order chi connectivity index (χ1) is 12.5. The largest absolute Gasteiger partial charge is 0.493 e. The zero-order valence-corrected chi connectivity index (χ0v) is 15.3. The number of amides is 2. The van der Waals surface area contributed by atoms with E-state index in [4.69, 9.17) is 9.47 Å². The highest BCUT2D eigenvalue weighted by molar-refractivity contribution is 5.91. The average Bonchev–Trinajstić information content (AvgIpc) is 2.65. The molecule has 0 bridgehead atoms. The fourth-order valence-corrected chi connectivity index (χ4v) is 2.53. The summed E-state index contributed by atoms with van der Waals surface area (Å²) in [6, 6.07) is 14.8. The number of para-hydroxylation sites is 1. The molecular formula is C20H24N2O4. The van der Waals surface area contributed by atoms with Gasteiger partial charge in [0.2, 0.25) is 11.8 Å². The Labute approximate surface area is 153 Å². The second kappa shape index (κ2) is 9.46. The van der Waals surface area contributed by atoms with Crippen molar-refractivity contribution in [1.29, 1.82) is 0 Å². The van der Waals surface area contributed by atoms with Crippen molar-refractivity contribution in [3.8, 4) is 11.5 Å². The van der Waals surface area contributed by atoms with Crippen LogP contribution < -0.4 is 14.8 Å². The molecule has 6 nitrogen and oxygen atoms in total. The maximum Gasteiger partial charge on any atom is 0.226 e. The van der Waals surface area contributed by atoms with Gasteiger partial charge >= 0.3 is 0 Å². The molecule has 26 heavy (non-hydrogen) atoms. The number of ether oxygens (including phenoxy) is 2. The molecule has 2 rings (SSSR count). The van der Waals surface area contributed by atoms with E-state index in [9.17, 15) is 9.59 Å². The summed E-state index contributed by atoms with van der Waals surface area (Å²) in [5.74, 6) is 1.02. The first kappa shape index (κ1) is 19.3. The smallest absolute Gasteiger partial charge is 0.226 e. The summed E-state index contributed by atoms with van der Waals surface area (Å²) in [5.41, 5.74) is 1.65. The SMILES string of the molecule is COc1ccc(CN(CCC(=O)Nc2ccccc2)C(C)=O)cc1OC. The molecule has 0 saturated carbocycles. The van der Waals surface area contributed by atoms with Crippen molar-refractivity contribution in [2.24, 2.45) is 0 Å². The van der Waals surface area contributed by atoms with Gasteiger partial charge in [0, 0.05) is 32.1 Å². The Morgan fingerprint density at radius 3 is 2.31 bits per heavy atom. The Hall–Kier alpha value is -3.02. The van der Waals surface area contributed by atoms with E-state index in [-0.39, 0.29) is 18.2 Å². The lowest BCUT2D eigenvalue weighted by molar-refractivity contribution is -0.129. The minimum Gasteiger partial charge on any atom is -0.493 e. The first-order valence-electron chi connectivity index (χ1n) is 8.34. The highest BCUT2D eigenvalue weighted by Crippen LogP contribution is 2.28. The summed E-state index contributed by atoms with van der Waals surface area (Å²) in [5, 5.41) is 2.82. The molecule has 0 aliphatic rings. The van der Waals surface area contributed by atoms with E-state index >= 15 is 0 Å². The lowest BCUT2D eigenvalue weighted by atomic mass is 10.1. The molecule has 0 heterocycles. The molecule has 2 aromatic carbocycles. The van der Waals surface area contributed by atoms with E-state index < -0.39 is 0 Å². The van der Waals surface area contributed by atoms with Gasteiger partial charge in [-0.1, -0.05) is 24.3 Å². The van der Waals surface area contributed by atoms with E-state index in [2.05, 4.69) is 5.32 Å². The van der Waals surface area contributed by atoms with E-state index in [0.29, 0.717) is 24.6 Å². The Morgan fingerprint density at radius 2 is 1.69 bits per heavy atom. The maximum absolute atomic E-state index is 12.1. The molecule has 0 radical (unpaired) electrons. The summed E-state index contributed by atoms with van der Waals surface area (Å²) in [6.07, 6.45) is 0.224. The summed E-state index contributed by atoms with van der Waals surface area (Å²) in [6.45, 7) is 2.23. The summed E-state index contributed by atoms with van der Waals surface area (Å²) >= 11 is 0. The second-order valence-electron chi connectivity index (χ2n) is 5.79. The van der Waals surface area contributed by atoms with Crippen molar-refractivity contribution in [3.63, 3.8) is 0 Å². The minimum atomic E-state index is -0.130. The third-order valence-electron chi connectivity index (χ3n) is 3.93. The van der Waals surface area contributed by atoms with E-state index in [0.717, 1.165) is 11.3 Å². The van der Waals surface area contributed by atoms with Gasteiger partial charge in [0.25, 0.3) is 0 Å². The molecule has 0 aliphatic heterocycles. The standard InChI is InChI=1S/C20H24N2O4/c1-15(23)22(12-11-20(24)21-17-7-5-4-6-8-17)14-16-9-10-18(25-2)19(13-16)26-3/h4-10,13H,11-12,14H2,1-3H3,(H,21,24). The summed E-state index contributed by atoms with van der Waals surface area (Å²) in [4.78, 5) is 25.7. The summed E-state index contributed by atoms with van der Waals surface area (Å²) in [7, 11) is 3.14. The number of methoxy groups -OCH3 is 2. The number of rotatable bonds is 8. The monoisotopic (exact) mass is 356 g/mol. The molecule has 138 valence electrons. The minimum absolute atomic E-state index is 0.0905. The van der Waals surface area contributed by atoms with Crippen LogP contribution in [0.25, 0.3) is 0 Å². The zero-order chi connectivity index (χ0) is 18.9. The van der Waals surface area contributed by atoms with Crippen molar-refractivity contribution in [3.05, 3.63) is 54.1 Å². The van der Waals surface area contributed by atoms with E-state index in [1.54, 1.807) is 25.2 Å². The van der Waals surface area contributed by atoms with Gasteiger partial charge in [0.05, 0.1) is 14.2 Å². The lowest BCUT2D eigenvalue weighted by Crippen LogP contribution is -2.31. The fourth-order valence-electron chi connectivity index (χ4n) is 2.53. The number of nitrogens with zero attached hydrogens (tertiary/aromatic N) is 1. The van der Waals surface area contributed by atoms with E-state index in [1.807, 2.05) is 42.5 Å². The van der Waals surface area contributed by atoms with Gasteiger partial charge in [-0.25, -0.2) is 0 Å². The second-order valence-corrected chi connectivity index (χ2v) is 5.79. The predicted molar refractivity (Wildman–Crippen MR) is 100 cm³/mol. The third-order valence-corrected chi connectivity index (χ3v) is 3.93. The van der Waals surface area contributed by atoms with Crippen molar-refractivity contribution in [1.82, 2.24) is 4.90 Å². The van der Waals surface area contributed by atoms with Crippen molar-refractivity contribution in [2.45, 2.75) is 19.9 Å². The van der Waals surface area contributed by atoms with Gasteiger partial charge in [-0.15, -0.1) is 0 Å². The Morgan fingerprint density at radius 1 is 1.00 bits per heavy atom. The van der Waals surface area contributed by atoms with Crippen LogP contribution in [0.1, 0.15) is 18.9 Å². The molecular weight excluding hydrogens is 332 g/mol. The van der Waals surface area contributed by atoms with Crippen molar-refractivity contribution in [2.75, 3.05) is 26.1 Å². The molecule has 0 spiro atoms. The van der Waals surface area contributed by atoms with Crippen LogP contribution >= 0.6 is 0 Å². The molecule has 0 aromatic heterocycles. The molecule has 2 aromatic rings. The highest BCUT2D eigenvalue weighted by Gasteiger charge is 2.13. The quantitative estimate of drug-likeness (QED) is 0.789. The van der Waals surface area contributed by atoms with Gasteiger partial charge in [-0.05, 0) is 29.8 Å². The summed E-state index contributed by atoms with van der Waals surface area (Å²) < 4.78 is 10.5. The van der Waals surface area contributed by atoms with Crippen LogP contribution in [0.15, 0.2) is 48.5 Å². The van der Waals surface area contributed by atoms with Gasteiger partial charge in [0.15, 0.2) is 11.5 Å². The number of nitrogens with one attached hydrogen (secondary N) is 1. The number of carbonyl (C=O) groups excluding carboxylic acids is 2. The van der Waals surface area contributed by atoms with Crippen LogP contribution in [0.3, 0.4) is 0 Å². The third kappa shape index (κ3) is 5.51. The molecule has 2 amide bonds. The Kier molecular flexibility index (Phi) is 7.02. The molecule has 0 aliphatic carbocycles.